The van der Waals surface area contributed by atoms with E-state index >= 15 is 0 Å². The van der Waals surface area contributed by atoms with Crippen molar-refractivity contribution in [2.45, 2.75) is 6.92 Å². The van der Waals surface area contributed by atoms with E-state index < -0.39 is 0 Å². The van der Waals surface area contributed by atoms with Crippen molar-refractivity contribution in [3.63, 3.8) is 0 Å². The summed E-state index contributed by atoms with van der Waals surface area (Å²) in [7, 11) is 4.08. The normalized spacial score (nSPS) is 10.5. The van der Waals surface area contributed by atoms with E-state index in [1.54, 1.807) is 6.33 Å². The standard InChI is InChI=1S/C16H23N5O/c1-4-22-14-7-5-13(6-8-14)20-16-11-15(18-12-19-16)17-9-10-21(2)3/h5-8,11-12H,4,9-10H2,1-3H3,(H2,17,18,19,20). The van der Waals surface area contributed by atoms with Gasteiger partial charge in [-0.3, -0.25) is 0 Å². The van der Waals surface area contributed by atoms with Crippen molar-refractivity contribution in [2.75, 3.05) is 44.4 Å². The first-order valence-electron chi connectivity index (χ1n) is 7.38. The van der Waals surface area contributed by atoms with Gasteiger partial charge in [0.25, 0.3) is 0 Å². The average molecular weight is 301 g/mol. The summed E-state index contributed by atoms with van der Waals surface area (Å²) in [6, 6.07) is 9.69. The van der Waals surface area contributed by atoms with Crippen LogP contribution in [0.5, 0.6) is 5.75 Å². The summed E-state index contributed by atoms with van der Waals surface area (Å²) in [4.78, 5) is 10.6. The molecular formula is C16H23N5O. The second-order valence-electron chi connectivity index (χ2n) is 5.10. The molecule has 1 aromatic heterocycles. The minimum Gasteiger partial charge on any atom is -0.494 e. The third-order valence-corrected chi connectivity index (χ3v) is 2.97. The second-order valence-corrected chi connectivity index (χ2v) is 5.10. The van der Waals surface area contributed by atoms with Gasteiger partial charge in [-0.2, -0.15) is 0 Å². The van der Waals surface area contributed by atoms with Gasteiger partial charge in [0.2, 0.25) is 0 Å². The Bertz CT molecular complexity index is 571. The maximum absolute atomic E-state index is 5.43. The Hall–Kier alpha value is -2.34. The van der Waals surface area contributed by atoms with Crippen molar-refractivity contribution in [1.82, 2.24) is 14.9 Å². The largest absolute Gasteiger partial charge is 0.494 e. The zero-order valence-electron chi connectivity index (χ0n) is 13.3. The first kappa shape index (κ1) is 16.0. The van der Waals surface area contributed by atoms with Crippen molar-refractivity contribution < 1.29 is 4.74 Å². The lowest BCUT2D eigenvalue weighted by Gasteiger charge is -2.12. The molecule has 0 atom stereocenters. The van der Waals surface area contributed by atoms with E-state index in [4.69, 9.17) is 4.74 Å². The van der Waals surface area contributed by atoms with Gasteiger partial charge >= 0.3 is 0 Å². The molecule has 0 unspecified atom stereocenters. The molecule has 0 saturated carbocycles. The highest BCUT2D eigenvalue weighted by molar-refractivity contribution is 5.59. The number of hydrogen-bond acceptors (Lipinski definition) is 6. The van der Waals surface area contributed by atoms with E-state index in [2.05, 4.69) is 25.5 Å². The van der Waals surface area contributed by atoms with E-state index in [1.165, 1.54) is 0 Å². The van der Waals surface area contributed by atoms with Crippen molar-refractivity contribution in [1.29, 1.82) is 0 Å². The summed E-state index contributed by atoms with van der Waals surface area (Å²) in [5.41, 5.74) is 0.960. The molecule has 6 nitrogen and oxygen atoms in total. The van der Waals surface area contributed by atoms with E-state index in [0.717, 1.165) is 36.2 Å². The molecule has 0 spiro atoms. The molecule has 118 valence electrons. The molecule has 2 aromatic rings. The number of ether oxygens (including phenoxy) is 1. The lowest BCUT2D eigenvalue weighted by Crippen LogP contribution is -2.21. The van der Waals surface area contributed by atoms with Gasteiger partial charge in [0.05, 0.1) is 6.61 Å². The first-order chi connectivity index (χ1) is 10.7. The van der Waals surface area contributed by atoms with Gasteiger partial charge in [0.1, 0.15) is 23.7 Å². The molecule has 0 fully saturated rings. The van der Waals surface area contributed by atoms with Crippen LogP contribution in [0.1, 0.15) is 6.92 Å². The van der Waals surface area contributed by atoms with Crippen molar-refractivity contribution in [3.8, 4) is 5.75 Å². The zero-order valence-corrected chi connectivity index (χ0v) is 13.3. The number of nitrogens with zero attached hydrogens (tertiary/aromatic N) is 3. The fraction of sp³-hybridized carbons (Fsp3) is 0.375. The highest BCUT2D eigenvalue weighted by Gasteiger charge is 2.00. The number of aromatic nitrogens is 2. The third-order valence-electron chi connectivity index (χ3n) is 2.97. The smallest absolute Gasteiger partial charge is 0.135 e. The molecule has 1 aromatic carbocycles. The predicted molar refractivity (Wildman–Crippen MR) is 90.0 cm³/mol. The highest BCUT2D eigenvalue weighted by atomic mass is 16.5. The van der Waals surface area contributed by atoms with Gasteiger partial charge in [0.15, 0.2) is 0 Å². The Morgan fingerprint density at radius 1 is 1.09 bits per heavy atom. The molecule has 0 aliphatic carbocycles. The lowest BCUT2D eigenvalue weighted by atomic mass is 10.3. The van der Waals surface area contributed by atoms with Crippen molar-refractivity contribution in [3.05, 3.63) is 36.7 Å². The van der Waals surface area contributed by atoms with Crippen LogP contribution in [0.2, 0.25) is 0 Å². The van der Waals surface area contributed by atoms with Crippen LogP contribution in [0.3, 0.4) is 0 Å². The van der Waals surface area contributed by atoms with Crippen LogP contribution in [0.15, 0.2) is 36.7 Å². The summed E-state index contributed by atoms with van der Waals surface area (Å²) in [5.74, 6) is 2.43. The maximum atomic E-state index is 5.43. The monoisotopic (exact) mass is 301 g/mol. The molecule has 1 heterocycles. The Labute approximate surface area is 131 Å². The number of likely N-dealkylation sites (N-methyl/N-ethyl adjacent to an activating group) is 1. The van der Waals surface area contributed by atoms with E-state index in [1.807, 2.05) is 51.4 Å². The molecule has 2 N–H and O–H groups in total. The maximum Gasteiger partial charge on any atom is 0.135 e. The second kappa shape index (κ2) is 8.19. The fourth-order valence-corrected chi connectivity index (χ4v) is 1.88. The minimum absolute atomic E-state index is 0.667. The van der Waals surface area contributed by atoms with Crippen LogP contribution < -0.4 is 15.4 Å². The number of nitrogens with one attached hydrogen (secondary N) is 2. The number of benzene rings is 1. The Balaban J connectivity index is 1.94. The van der Waals surface area contributed by atoms with Crippen LogP contribution in [-0.4, -0.2) is 48.7 Å². The van der Waals surface area contributed by atoms with Gasteiger partial charge in [-0.05, 0) is 45.3 Å². The molecular weight excluding hydrogens is 278 g/mol. The van der Waals surface area contributed by atoms with Crippen LogP contribution >= 0.6 is 0 Å². The van der Waals surface area contributed by atoms with E-state index in [9.17, 15) is 0 Å². The summed E-state index contributed by atoms with van der Waals surface area (Å²) < 4.78 is 5.43. The SMILES string of the molecule is CCOc1ccc(Nc2cc(NCCN(C)C)ncn2)cc1. The van der Waals surface area contributed by atoms with Crippen LogP contribution in [0.25, 0.3) is 0 Å². The Morgan fingerprint density at radius 3 is 2.50 bits per heavy atom. The highest BCUT2D eigenvalue weighted by Crippen LogP contribution is 2.19. The van der Waals surface area contributed by atoms with Gasteiger partial charge in [-0.1, -0.05) is 0 Å². The minimum atomic E-state index is 0.667. The fourth-order valence-electron chi connectivity index (χ4n) is 1.88. The lowest BCUT2D eigenvalue weighted by molar-refractivity contribution is 0.340. The topological polar surface area (TPSA) is 62.3 Å². The molecule has 0 radical (unpaired) electrons. The molecule has 0 aliphatic heterocycles. The summed E-state index contributed by atoms with van der Waals surface area (Å²) in [6.45, 7) is 4.43. The van der Waals surface area contributed by atoms with Gasteiger partial charge in [-0.25, -0.2) is 9.97 Å². The molecule has 22 heavy (non-hydrogen) atoms. The van der Waals surface area contributed by atoms with Crippen molar-refractivity contribution in [2.24, 2.45) is 0 Å². The predicted octanol–water partition coefficient (Wildman–Crippen LogP) is 2.59. The first-order valence-corrected chi connectivity index (χ1v) is 7.38. The molecule has 0 amide bonds. The molecule has 0 saturated heterocycles. The van der Waals surface area contributed by atoms with Crippen LogP contribution in [-0.2, 0) is 0 Å². The van der Waals surface area contributed by atoms with Crippen LogP contribution in [0, 0.1) is 0 Å². The summed E-state index contributed by atoms with van der Waals surface area (Å²) in [6.07, 6.45) is 1.55. The molecule has 0 bridgehead atoms. The number of rotatable bonds is 8. The number of hydrogen-bond donors (Lipinski definition) is 2. The molecule has 6 heteroatoms. The quantitative estimate of drug-likeness (QED) is 0.781. The van der Waals surface area contributed by atoms with Crippen molar-refractivity contribution >= 4 is 17.3 Å². The van der Waals surface area contributed by atoms with E-state index in [0.29, 0.717) is 6.61 Å². The zero-order chi connectivity index (χ0) is 15.8. The molecule has 2 rings (SSSR count). The Morgan fingerprint density at radius 2 is 1.82 bits per heavy atom. The average Bonchev–Trinajstić information content (AvgIpc) is 2.50. The van der Waals surface area contributed by atoms with Crippen LogP contribution in [0.4, 0.5) is 17.3 Å². The van der Waals surface area contributed by atoms with Gasteiger partial charge in [0, 0.05) is 24.8 Å². The summed E-state index contributed by atoms with van der Waals surface area (Å²) >= 11 is 0. The summed E-state index contributed by atoms with van der Waals surface area (Å²) in [5, 5.41) is 6.53. The van der Waals surface area contributed by atoms with Gasteiger partial charge < -0.3 is 20.3 Å². The van der Waals surface area contributed by atoms with E-state index in [-0.39, 0.29) is 0 Å². The van der Waals surface area contributed by atoms with Gasteiger partial charge in [-0.15, -0.1) is 0 Å². The third kappa shape index (κ3) is 5.21. The molecule has 0 aliphatic rings. The number of anilines is 3. The Kier molecular flexibility index (Phi) is 5.97.